The summed E-state index contributed by atoms with van der Waals surface area (Å²) >= 11 is 0. The van der Waals surface area contributed by atoms with E-state index in [9.17, 15) is 27.8 Å². The number of halogens is 1. The van der Waals surface area contributed by atoms with E-state index in [-0.39, 0.29) is 18.3 Å². The van der Waals surface area contributed by atoms with Crippen LogP contribution in [0.2, 0.25) is 0 Å². The summed E-state index contributed by atoms with van der Waals surface area (Å²) in [7, 11) is -2.33. The van der Waals surface area contributed by atoms with E-state index in [1.54, 1.807) is 0 Å². The third kappa shape index (κ3) is 11.5. The largest absolute Gasteiger partial charge is 0.481 e. The van der Waals surface area contributed by atoms with Crippen LogP contribution in [0.25, 0.3) is 17.3 Å². The van der Waals surface area contributed by atoms with Gasteiger partial charge in [0, 0.05) is 50.8 Å². The van der Waals surface area contributed by atoms with Crippen LogP contribution in [0, 0.1) is 5.82 Å². The highest BCUT2D eigenvalue weighted by Crippen LogP contribution is 2.32. The lowest BCUT2D eigenvalue weighted by atomic mass is 9.96. The van der Waals surface area contributed by atoms with Gasteiger partial charge in [-0.3, -0.25) is 9.69 Å². The van der Waals surface area contributed by atoms with Crippen LogP contribution in [0.5, 0.6) is 0 Å². The molecule has 0 saturated carbocycles. The van der Waals surface area contributed by atoms with Gasteiger partial charge in [0.25, 0.3) is 0 Å². The summed E-state index contributed by atoms with van der Waals surface area (Å²) in [6, 6.07) is 27.5. The Hall–Kier alpha value is -4.53. The third-order valence-corrected chi connectivity index (χ3v) is 9.72. The van der Waals surface area contributed by atoms with Gasteiger partial charge in [-0.15, -0.1) is 0 Å². The Morgan fingerprint density at radius 1 is 0.942 bits per heavy atom. The van der Waals surface area contributed by atoms with Crippen molar-refractivity contribution in [2.45, 2.75) is 50.9 Å². The van der Waals surface area contributed by atoms with E-state index in [4.69, 9.17) is 5.11 Å². The fourth-order valence-electron chi connectivity index (χ4n) is 5.87. The summed E-state index contributed by atoms with van der Waals surface area (Å²) in [6.45, 7) is 8.08. The molecule has 0 aliphatic carbocycles. The second-order valence-corrected chi connectivity index (χ2v) is 15.0. The van der Waals surface area contributed by atoms with Crippen LogP contribution in [-0.4, -0.2) is 96.3 Å². The zero-order chi connectivity index (χ0) is 37.8. The Labute approximate surface area is 305 Å². The number of aliphatic carboxylic acids is 1. The molecule has 52 heavy (non-hydrogen) atoms. The number of nitrogens with zero attached hydrogens (tertiary/aromatic N) is 4. The van der Waals surface area contributed by atoms with Crippen molar-refractivity contribution >= 4 is 28.0 Å². The van der Waals surface area contributed by atoms with Crippen molar-refractivity contribution in [1.82, 2.24) is 20.2 Å². The van der Waals surface area contributed by atoms with Crippen LogP contribution < -0.4 is 9.62 Å². The van der Waals surface area contributed by atoms with Crippen molar-refractivity contribution in [2.75, 3.05) is 43.8 Å². The summed E-state index contributed by atoms with van der Waals surface area (Å²) < 4.78 is 38.6. The summed E-state index contributed by atoms with van der Waals surface area (Å²) in [5.74, 6) is -1.87. The van der Waals surface area contributed by atoms with E-state index < -0.39 is 40.4 Å². The lowest BCUT2D eigenvalue weighted by molar-refractivity contribution is -0.139. The van der Waals surface area contributed by atoms with Crippen molar-refractivity contribution in [1.29, 1.82) is 0 Å². The van der Waals surface area contributed by atoms with Crippen LogP contribution in [0.4, 0.5) is 10.3 Å². The van der Waals surface area contributed by atoms with Gasteiger partial charge in [-0.1, -0.05) is 86.7 Å². The minimum Gasteiger partial charge on any atom is -0.481 e. The molecule has 5 rings (SSSR count). The molecule has 0 radical (unpaired) electrons. The van der Waals surface area contributed by atoms with Crippen molar-refractivity contribution < 1.29 is 32.9 Å². The van der Waals surface area contributed by atoms with Gasteiger partial charge in [-0.25, -0.2) is 27.1 Å². The van der Waals surface area contributed by atoms with Gasteiger partial charge < -0.3 is 20.6 Å². The number of aliphatic hydroxyl groups excluding tert-OH is 2. The van der Waals surface area contributed by atoms with Crippen LogP contribution in [-0.2, 0) is 14.8 Å². The molecule has 4 N–H and O–H groups in total. The average Bonchev–Trinajstić information content (AvgIpc) is 3.11. The molecule has 278 valence electrons. The molecule has 1 aromatic heterocycles. The zero-order valence-electron chi connectivity index (χ0n) is 29.9. The number of aliphatic hydroxyl groups is 2. The average molecular weight is 734 g/mol. The molecule has 0 spiro atoms. The van der Waals surface area contributed by atoms with Gasteiger partial charge in [-0.2, -0.15) is 0 Å². The number of aromatic nitrogens is 2. The standard InChI is InChI=1S/C22H28FN3O6S.C17H20N2/c1-13(2)20-18(10-9-16(27)11-17(28)12-19(29)30)21(14-5-7-15(23)8-6-14)25-22(24-20)26(3)33(4,31)32;1-3-7-15(8-4-1)17(16-9-5-2-6-10-16)19-13-11-18-12-14-19/h5-10,13,16-17,27-28H,11-12H2,1-4H3,(H,29,30);1-10,17-18H,11-14H2/b10-9+;/t16-,17-;/m1./s1. The second-order valence-electron chi connectivity index (χ2n) is 13.0. The van der Waals surface area contributed by atoms with Crippen LogP contribution >= 0.6 is 0 Å². The van der Waals surface area contributed by atoms with E-state index in [2.05, 4.69) is 80.8 Å². The van der Waals surface area contributed by atoms with Crippen LogP contribution in [0.3, 0.4) is 0 Å². The smallest absolute Gasteiger partial charge is 0.305 e. The molecule has 11 nitrogen and oxygen atoms in total. The van der Waals surface area contributed by atoms with E-state index >= 15 is 0 Å². The molecule has 0 bridgehead atoms. The number of rotatable bonds is 13. The van der Waals surface area contributed by atoms with Gasteiger partial charge in [0.1, 0.15) is 5.82 Å². The summed E-state index contributed by atoms with van der Waals surface area (Å²) in [5.41, 5.74) is 4.57. The molecule has 1 saturated heterocycles. The SMILES string of the molecule is CC(C)c1nc(N(C)S(C)(=O)=O)nc(-c2ccc(F)cc2)c1/C=C/[C@@H](O)C[C@@H](O)CC(=O)O.c1ccc(C(c2ccccc2)N2CCNCC2)cc1. The first-order valence-corrected chi connectivity index (χ1v) is 19.0. The molecule has 13 heteroatoms. The van der Waals surface area contributed by atoms with E-state index in [0.717, 1.165) is 36.7 Å². The number of carbonyl (C=O) groups is 1. The molecule has 4 aromatic rings. The molecule has 3 aromatic carbocycles. The van der Waals surface area contributed by atoms with E-state index in [1.807, 2.05) is 13.8 Å². The quantitative estimate of drug-likeness (QED) is 0.146. The number of carboxylic acid groups (broad SMARTS) is 1. The maximum absolute atomic E-state index is 13.5. The minimum absolute atomic E-state index is 0.0601. The molecule has 1 aliphatic rings. The highest BCUT2D eigenvalue weighted by atomic mass is 32.2. The molecule has 0 unspecified atom stereocenters. The Balaban J connectivity index is 0.000000267. The highest BCUT2D eigenvalue weighted by molar-refractivity contribution is 7.92. The maximum atomic E-state index is 13.5. The zero-order valence-corrected chi connectivity index (χ0v) is 30.7. The predicted molar refractivity (Wildman–Crippen MR) is 202 cm³/mol. The first-order chi connectivity index (χ1) is 24.7. The van der Waals surface area contributed by atoms with E-state index in [1.165, 1.54) is 54.6 Å². The molecular weight excluding hydrogens is 686 g/mol. The van der Waals surface area contributed by atoms with Gasteiger partial charge in [-0.05, 0) is 41.3 Å². The number of nitrogens with one attached hydrogen (secondary N) is 1. The highest BCUT2D eigenvalue weighted by Gasteiger charge is 2.24. The molecular formula is C39H48FN5O6S. The Morgan fingerprint density at radius 3 is 2.00 bits per heavy atom. The third-order valence-electron chi connectivity index (χ3n) is 8.56. The lowest BCUT2D eigenvalue weighted by Gasteiger charge is -2.35. The molecule has 1 fully saturated rings. The summed E-state index contributed by atoms with van der Waals surface area (Å²) in [4.78, 5) is 22.1. The first-order valence-electron chi connectivity index (χ1n) is 17.2. The maximum Gasteiger partial charge on any atom is 0.305 e. The minimum atomic E-state index is -3.65. The number of anilines is 1. The summed E-state index contributed by atoms with van der Waals surface area (Å²) in [5, 5.41) is 32.2. The van der Waals surface area contributed by atoms with Crippen LogP contribution in [0.15, 0.2) is 91.0 Å². The van der Waals surface area contributed by atoms with Gasteiger partial charge in [0.2, 0.25) is 16.0 Å². The second kappa shape index (κ2) is 18.8. The van der Waals surface area contributed by atoms with Crippen molar-refractivity contribution in [3.8, 4) is 11.3 Å². The number of benzene rings is 3. The van der Waals surface area contributed by atoms with Gasteiger partial charge in [0.15, 0.2) is 0 Å². The van der Waals surface area contributed by atoms with Gasteiger partial charge in [0.05, 0.1) is 42.3 Å². The van der Waals surface area contributed by atoms with Crippen molar-refractivity contribution in [2.24, 2.45) is 0 Å². The number of piperazine rings is 1. The first kappa shape index (κ1) is 40.2. The van der Waals surface area contributed by atoms with E-state index in [0.29, 0.717) is 28.6 Å². The molecule has 2 heterocycles. The van der Waals surface area contributed by atoms with Crippen molar-refractivity contribution in [3.63, 3.8) is 0 Å². The van der Waals surface area contributed by atoms with Crippen molar-refractivity contribution in [3.05, 3.63) is 119 Å². The number of hydrogen-bond donors (Lipinski definition) is 4. The number of carboxylic acids is 1. The molecule has 2 atom stereocenters. The number of hydrogen-bond acceptors (Lipinski definition) is 9. The molecule has 1 aliphatic heterocycles. The fourth-order valence-corrected chi connectivity index (χ4v) is 6.25. The number of sulfonamides is 1. The normalized spacial score (nSPS) is 14.9. The molecule has 0 amide bonds. The topological polar surface area (TPSA) is 156 Å². The van der Waals surface area contributed by atoms with Crippen LogP contribution in [0.1, 0.15) is 61.0 Å². The Kier molecular flexibility index (Phi) is 14.6. The lowest BCUT2D eigenvalue weighted by Crippen LogP contribution is -2.45. The predicted octanol–water partition coefficient (Wildman–Crippen LogP) is 5.08. The van der Waals surface area contributed by atoms with Gasteiger partial charge >= 0.3 is 5.97 Å². The Morgan fingerprint density at radius 2 is 1.50 bits per heavy atom. The monoisotopic (exact) mass is 733 g/mol. The summed E-state index contributed by atoms with van der Waals surface area (Å²) in [6.07, 6.45) is 0.860. The Bertz CT molecular complexity index is 1830. The fraction of sp³-hybridized carbons (Fsp3) is 0.359.